The minimum Gasteiger partial charge on any atom is -0.476 e. The number of alkyl halides is 3. The van der Waals surface area contributed by atoms with Crippen molar-refractivity contribution >= 4 is 11.7 Å². The Kier molecular flexibility index (Phi) is 2.11. The number of nitrogens with zero attached hydrogens (tertiary/aromatic N) is 2. The van der Waals surface area contributed by atoms with Crippen molar-refractivity contribution in [1.29, 1.82) is 0 Å². The molecule has 0 aromatic carbocycles. The Bertz CT molecular complexity index is 448. The summed E-state index contributed by atoms with van der Waals surface area (Å²) in [7, 11) is 0. The summed E-state index contributed by atoms with van der Waals surface area (Å²) in [5, 5.41) is 12.0. The average Bonchev–Trinajstić information content (AvgIpc) is 2.87. The Morgan fingerprint density at radius 1 is 1.50 bits per heavy atom. The monoisotopic (exact) mass is 235 g/mol. The first-order valence-corrected chi connectivity index (χ1v) is 4.51. The van der Waals surface area contributed by atoms with Crippen LogP contribution in [0.25, 0.3) is 0 Å². The number of halogens is 3. The quantitative estimate of drug-likeness (QED) is 0.814. The van der Waals surface area contributed by atoms with E-state index in [1.54, 1.807) is 0 Å². The van der Waals surface area contributed by atoms with E-state index < -0.39 is 29.2 Å². The van der Waals surface area contributed by atoms with E-state index in [1.807, 2.05) is 0 Å². The number of aromatic nitrogens is 2. The molecule has 0 radical (unpaired) electrons. The molecule has 2 rings (SSSR count). The molecule has 0 aliphatic heterocycles. The third-order valence-electron chi connectivity index (χ3n) is 2.31. The molecular weight excluding hydrogens is 227 g/mol. The van der Waals surface area contributed by atoms with Crippen LogP contribution in [0.5, 0.6) is 0 Å². The molecule has 88 valence electrons. The fourth-order valence-electron chi connectivity index (χ4n) is 1.45. The zero-order valence-corrected chi connectivity index (χ0v) is 7.95. The van der Waals surface area contributed by atoms with Crippen LogP contribution in [0.2, 0.25) is 0 Å². The summed E-state index contributed by atoms with van der Waals surface area (Å²) in [6, 6.07) is -0.274. The molecule has 0 saturated heterocycles. The van der Waals surface area contributed by atoms with Crippen LogP contribution < -0.4 is 5.73 Å². The summed E-state index contributed by atoms with van der Waals surface area (Å²) in [6.07, 6.45) is -3.48. The minimum absolute atomic E-state index is 0.274. The molecule has 1 saturated carbocycles. The first kappa shape index (κ1) is 10.8. The van der Waals surface area contributed by atoms with Gasteiger partial charge in [-0.3, -0.25) is 4.68 Å². The largest absolute Gasteiger partial charge is 0.476 e. The van der Waals surface area contributed by atoms with Crippen LogP contribution in [0.15, 0.2) is 0 Å². The number of nitrogen functional groups attached to an aromatic ring is 1. The van der Waals surface area contributed by atoms with Crippen molar-refractivity contribution < 1.29 is 23.1 Å². The van der Waals surface area contributed by atoms with Crippen molar-refractivity contribution in [2.45, 2.75) is 25.1 Å². The van der Waals surface area contributed by atoms with Crippen molar-refractivity contribution in [3.8, 4) is 0 Å². The lowest BCUT2D eigenvalue weighted by Crippen LogP contribution is -2.10. The molecule has 0 unspecified atom stereocenters. The predicted molar refractivity (Wildman–Crippen MR) is 46.9 cm³/mol. The van der Waals surface area contributed by atoms with Gasteiger partial charge in [0.15, 0.2) is 11.4 Å². The highest BCUT2D eigenvalue weighted by atomic mass is 19.4. The molecule has 16 heavy (non-hydrogen) atoms. The van der Waals surface area contributed by atoms with Crippen LogP contribution >= 0.6 is 0 Å². The fourth-order valence-corrected chi connectivity index (χ4v) is 1.45. The lowest BCUT2D eigenvalue weighted by atomic mass is 10.3. The smallest absolute Gasteiger partial charge is 0.437 e. The summed E-state index contributed by atoms with van der Waals surface area (Å²) >= 11 is 0. The SMILES string of the molecule is Nc1c(C(F)(F)F)nn(C2CC2)c1C(=O)O. The number of hydrogen-bond acceptors (Lipinski definition) is 3. The Balaban J connectivity index is 2.57. The van der Waals surface area contributed by atoms with Gasteiger partial charge in [-0.15, -0.1) is 0 Å². The maximum absolute atomic E-state index is 12.4. The van der Waals surface area contributed by atoms with Gasteiger partial charge in [0.2, 0.25) is 0 Å². The Morgan fingerprint density at radius 2 is 2.06 bits per heavy atom. The van der Waals surface area contributed by atoms with Crippen LogP contribution in [-0.2, 0) is 6.18 Å². The molecule has 0 bridgehead atoms. The second kappa shape index (κ2) is 3.13. The van der Waals surface area contributed by atoms with Crippen LogP contribution in [0.1, 0.15) is 35.1 Å². The molecule has 3 N–H and O–H groups in total. The van der Waals surface area contributed by atoms with Crippen LogP contribution in [0, 0.1) is 0 Å². The van der Waals surface area contributed by atoms with E-state index in [2.05, 4.69) is 5.10 Å². The molecule has 0 spiro atoms. The van der Waals surface area contributed by atoms with Crippen molar-refractivity contribution in [2.75, 3.05) is 5.73 Å². The zero-order valence-electron chi connectivity index (χ0n) is 7.95. The third kappa shape index (κ3) is 1.59. The van der Waals surface area contributed by atoms with Crippen molar-refractivity contribution in [3.05, 3.63) is 11.4 Å². The maximum atomic E-state index is 12.4. The van der Waals surface area contributed by atoms with E-state index in [0.717, 1.165) is 4.68 Å². The summed E-state index contributed by atoms with van der Waals surface area (Å²) in [4.78, 5) is 10.8. The second-order valence-corrected chi connectivity index (χ2v) is 3.59. The highest BCUT2D eigenvalue weighted by molar-refractivity contribution is 5.92. The average molecular weight is 235 g/mol. The number of carboxylic acid groups (broad SMARTS) is 1. The van der Waals surface area contributed by atoms with E-state index in [-0.39, 0.29) is 6.04 Å². The van der Waals surface area contributed by atoms with Crippen LogP contribution in [0.3, 0.4) is 0 Å². The van der Waals surface area contributed by atoms with Gasteiger partial charge in [-0.05, 0) is 12.8 Å². The summed E-state index contributed by atoms with van der Waals surface area (Å²) < 4.78 is 38.2. The maximum Gasteiger partial charge on any atom is 0.437 e. The van der Waals surface area contributed by atoms with Crippen LogP contribution in [-0.4, -0.2) is 20.9 Å². The highest BCUT2D eigenvalue weighted by Gasteiger charge is 2.42. The molecule has 1 aliphatic rings. The molecule has 1 aliphatic carbocycles. The van der Waals surface area contributed by atoms with Gasteiger partial charge in [-0.25, -0.2) is 4.79 Å². The first-order valence-electron chi connectivity index (χ1n) is 4.51. The van der Waals surface area contributed by atoms with Gasteiger partial charge in [0, 0.05) is 0 Å². The Morgan fingerprint density at radius 3 is 2.44 bits per heavy atom. The van der Waals surface area contributed by atoms with Gasteiger partial charge in [0.1, 0.15) is 0 Å². The molecule has 1 aromatic heterocycles. The van der Waals surface area contributed by atoms with Gasteiger partial charge < -0.3 is 10.8 Å². The number of hydrogen-bond donors (Lipinski definition) is 2. The summed E-state index contributed by atoms with van der Waals surface area (Å²) in [6.45, 7) is 0. The third-order valence-corrected chi connectivity index (χ3v) is 2.31. The van der Waals surface area contributed by atoms with Gasteiger partial charge in [0.25, 0.3) is 0 Å². The van der Waals surface area contributed by atoms with Gasteiger partial charge >= 0.3 is 12.1 Å². The van der Waals surface area contributed by atoms with E-state index in [0.29, 0.717) is 12.8 Å². The molecule has 0 amide bonds. The Labute approximate surface area is 87.6 Å². The van der Waals surface area contributed by atoms with Gasteiger partial charge in [-0.2, -0.15) is 18.3 Å². The predicted octanol–water partition coefficient (Wildman–Crippen LogP) is 1.52. The van der Waals surface area contributed by atoms with E-state index in [9.17, 15) is 18.0 Å². The van der Waals surface area contributed by atoms with E-state index >= 15 is 0 Å². The van der Waals surface area contributed by atoms with Gasteiger partial charge in [-0.1, -0.05) is 0 Å². The molecule has 8 heteroatoms. The molecule has 0 atom stereocenters. The topological polar surface area (TPSA) is 81.1 Å². The lowest BCUT2D eigenvalue weighted by molar-refractivity contribution is -0.140. The number of nitrogens with two attached hydrogens (primary N) is 1. The van der Waals surface area contributed by atoms with Crippen molar-refractivity contribution in [1.82, 2.24) is 9.78 Å². The number of carbonyl (C=O) groups is 1. The van der Waals surface area contributed by atoms with Gasteiger partial charge in [0.05, 0.1) is 11.7 Å². The standard InChI is InChI=1S/C8H8F3N3O2/c9-8(10,11)6-4(12)5(7(15)16)14(13-6)3-1-2-3/h3H,1-2,12H2,(H,15,16). The number of carboxylic acids is 1. The second-order valence-electron chi connectivity index (χ2n) is 3.59. The Hall–Kier alpha value is -1.73. The minimum atomic E-state index is -4.73. The van der Waals surface area contributed by atoms with Crippen molar-refractivity contribution in [3.63, 3.8) is 0 Å². The van der Waals surface area contributed by atoms with E-state index in [4.69, 9.17) is 10.8 Å². The number of aromatic carboxylic acids is 1. The normalized spacial score (nSPS) is 16.4. The summed E-state index contributed by atoms with van der Waals surface area (Å²) in [5.74, 6) is -1.49. The van der Waals surface area contributed by atoms with Crippen molar-refractivity contribution in [2.24, 2.45) is 0 Å². The molecule has 5 nitrogen and oxygen atoms in total. The van der Waals surface area contributed by atoms with Crippen LogP contribution in [0.4, 0.5) is 18.9 Å². The first-order chi connectivity index (χ1) is 7.32. The molecule has 1 fully saturated rings. The lowest BCUT2D eigenvalue weighted by Gasteiger charge is -2.01. The van der Waals surface area contributed by atoms with E-state index in [1.165, 1.54) is 0 Å². The fraction of sp³-hybridized carbons (Fsp3) is 0.500. The zero-order chi connectivity index (χ0) is 12.1. The molecular formula is C8H8F3N3O2. The molecule has 1 aromatic rings. The number of rotatable bonds is 2. The highest BCUT2D eigenvalue weighted by Crippen LogP contribution is 2.40. The molecule has 1 heterocycles. The summed E-state index contributed by atoms with van der Waals surface area (Å²) in [5.41, 5.74) is 2.46. The number of anilines is 1.